The Morgan fingerprint density at radius 2 is 2.44 bits per heavy atom. The first-order valence-corrected chi connectivity index (χ1v) is 5.46. The van der Waals surface area contributed by atoms with Gasteiger partial charge in [-0.3, -0.25) is 4.98 Å². The normalized spacial score (nSPS) is 17.1. The van der Waals surface area contributed by atoms with E-state index in [1.807, 2.05) is 12.1 Å². The summed E-state index contributed by atoms with van der Waals surface area (Å²) in [5.41, 5.74) is 7.08. The zero-order chi connectivity index (χ0) is 11.4. The van der Waals surface area contributed by atoms with E-state index >= 15 is 0 Å². The summed E-state index contributed by atoms with van der Waals surface area (Å²) in [5.74, 6) is 0.0468. The van der Waals surface area contributed by atoms with Gasteiger partial charge in [0.05, 0.1) is 0 Å². The quantitative estimate of drug-likeness (QED) is 0.303. The highest BCUT2D eigenvalue weighted by atomic mass is 16.4. The predicted molar refractivity (Wildman–Crippen MR) is 61.2 cm³/mol. The summed E-state index contributed by atoms with van der Waals surface area (Å²) in [6.07, 6.45) is 5.52. The number of nitrogens with zero attached hydrogens (tertiary/aromatic N) is 2. The molecule has 0 bridgehead atoms. The summed E-state index contributed by atoms with van der Waals surface area (Å²) in [6, 6.07) is 4.42. The average Bonchev–Trinajstić information content (AvgIpc) is 2.26. The second kappa shape index (κ2) is 4.94. The Hall–Kier alpha value is -1.62. The number of nitrogens with one attached hydrogen (secondary N) is 1. The zero-order valence-corrected chi connectivity index (χ0v) is 9.06. The van der Waals surface area contributed by atoms with Gasteiger partial charge in [-0.1, -0.05) is 11.6 Å². The molecule has 86 valence electrons. The number of pyridine rings is 1. The van der Waals surface area contributed by atoms with Crippen LogP contribution in [0, 0.1) is 0 Å². The van der Waals surface area contributed by atoms with Crippen LogP contribution < -0.4 is 11.1 Å². The van der Waals surface area contributed by atoms with Crippen molar-refractivity contribution in [3.05, 3.63) is 29.6 Å². The van der Waals surface area contributed by atoms with E-state index in [9.17, 15) is 0 Å². The molecular formula is C11H16N4O. The van der Waals surface area contributed by atoms with Gasteiger partial charge in [0.25, 0.3) is 0 Å². The van der Waals surface area contributed by atoms with Crippen LogP contribution in [0.5, 0.6) is 0 Å². The standard InChI is InChI=1S/C11H16N4O/c12-11(15-16)10-6-8(4-5-13-10)7-14-9-2-1-3-9/h4-6,9,14,16H,1-3,7H2,(H2,12,15). The van der Waals surface area contributed by atoms with Gasteiger partial charge in [0.15, 0.2) is 5.84 Å². The molecular weight excluding hydrogens is 204 g/mol. The zero-order valence-electron chi connectivity index (χ0n) is 9.06. The summed E-state index contributed by atoms with van der Waals surface area (Å²) < 4.78 is 0. The van der Waals surface area contributed by atoms with Gasteiger partial charge in [0.2, 0.25) is 0 Å². The summed E-state index contributed by atoms with van der Waals surface area (Å²) in [5, 5.41) is 14.9. The van der Waals surface area contributed by atoms with E-state index in [0.29, 0.717) is 11.7 Å². The third-order valence-corrected chi connectivity index (χ3v) is 2.89. The molecule has 0 unspecified atom stereocenters. The predicted octanol–water partition coefficient (Wildman–Crippen LogP) is 0.818. The summed E-state index contributed by atoms with van der Waals surface area (Å²) >= 11 is 0. The van der Waals surface area contributed by atoms with Crippen LogP contribution in [0.4, 0.5) is 0 Å². The van der Waals surface area contributed by atoms with Gasteiger partial charge in [-0.25, -0.2) is 0 Å². The first-order chi connectivity index (χ1) is 7.79. The molecule has 0 aliphatic heterocycles. The Bertz CT molecular complexity index is 387. The molecule has 0 atom stereocenters. The molecule has 1 aliphatic rings. The van der Waals surface area contributed by atoms with Crippen molar-refractivity contribution in [1.82, 2.24) is 10.3 Å². The fraction of sp³-hybridized carbons (Fsp3) is 0.455. The fourth-order valence-electron chi connectivity index (χ4n) is 1.65. The lowest BCUT2D eigenvalue weighted by Crippen LogP contribution is -2.34. The van der Waals surface area contributed by atoms with Gasteiger partial charge in [0, 0.05) is 18.8 Å². The van der Waals surface area contributed by atoms with Crippen LogP contribution in [-0.4, -0.2) is 22.1 Å². The van der Waals surface area contributed by atoms with E-state index in [1.54, 1.807) is 6.20 Å². The second-order valence-electron chi connectivity index (χ2n) is 4.04. The van der Waals surface area contributed by atoms with Gasteiger partial charge in [0.1, 0.15) is 5.69 Å². The van der Waals surface area contributed by atoms with Crippen LogP contribution in [0.15, 0.2) is 23.5 Å². The van der Waals surface area contributed by atoms with Crippen LogP contribution in [-0.2, 0) is 6.54 Å². The lowest BCUT2D eigenvalue weighted by Gasteiger charge is -2.26. The SMILES string of the molecule is NC(=NO)c1cc(CNC2CCC2)ccn1. The minimum Gasteiger partial charge on any atom is -0.409 e. The van der Waals surface area contributed by atoms with Crippen molar-refractivity contribution < 1.29 is 5.21 Å². The van der Waals surface area contributed by atoms with Gasteiger partial charge in [-0.15, -0.1) is 0 Å². The summed E-state index contributed by atoms with van der Waals surface area (Å²) in [4.78, 5) is 4.03. The molecule has 1 aromatic rings. The molecule has 1 aromatic heterocycles. The van der Waals surface area contributed by atoms with Crippen LogP contribution in [0.3, 0.4) is 0 Å². The molecule has 4 N–H and O–H groups in total. The first-order valence-electron chi connectivity index (χ1n) is 5.46. The maximum atomic E-state index is 8.55. The van der Waals surface area contributed by atoms with Crippen molar-refractivity contribution in [2.24, 2.45) is 10.9 Å². The van der Waals surface area contributed by atoms with Crippen molar-refractivity contribution in [3.8, 4) is 0 Å². The molecule has 0 saturated heterocycles. The Morgan fingerprint density at radius 1 is 1.62 bits per heavy atom. The second-order valence-corrected chi connectivity index (χ2v) is 4.04. The fourth-order valence-corrected chi connectivity index (χ4v) is 1.65. The summed E-state index contributed by atoms with van der Waals surface area (Å²) in [7, 11) is 0. The van der Waals surface area contributed by atoms with Gasteiger partial charge in [-0.05, 0) is 30.5 Å². The minimum atomic E-state index is 0.0468. The first kappa shape index (κ1) is 10.9. The molecule has 0 radical (unpaired) electrons. The van der Waals surface area contributed by atoms with Gasteiger partial charge >= 0.3 is 0 Å². The van der Waals surface area contributed by atoms with Crippen molar-refractivity contribution in [1.29, 1.82) is 0 Å². The number of hydrogen-bond donors (Lipinski definition) is 3. The molecule has 1 fully saturated rings. The van der Waals surface area contributed by atoms with Crippen LogP contribution in [0.2, 0.25) is 0 Å². The molecule has 1 aliphatic carbocycles. The van der Waals surface area contributed by atoms with E-state index in [2.05, 4.69) is 15.5 Å². The topological polar surface area (TPSA) is 83.5 Å². The average molecular weight is 220 g/mol. The van der Waals surface area contributed by atoms with E-state index in [-0.39, 0.29) is 5.84 Å². The number of nitrogens with two attached hydrogens (primary N) is 1. The van der Waals surface area contributed by atoms with E-state index in [0.717, 1.165) is 12.1 Å². The minimum absolute atomic E-state index is 0.0468. The molecule has 1 saturated carbocycles. The maximum absolute atomic E-state index is 8.55. The molecule has 1 heterocycles. The molecule has 5 nitrogen and oxygen atoms in total. The van der Waals surface area contributed by atoms with E-state index < -0.39 is 0 Å². The maximum Gasteiger partial charge on any atom is 0.188 e. The van der Waals surface area contributed by atoms with Crippen molar-refractivity contribution in [2.45, 2.75) is 31.8 Å². The Balaban J connectivity index is 1.98. The Labute approximate surface area is 94.4 Å². The number of hydrogen-bond acceptors (Lipinski definition) is 4. The Kier molecular flexibility index (Phi) is 3.36. The smallest absolute Gasteiger partial charge is 0.188 e. The Morgan fingerprint density at radius 3 is 3.06 bits per heavy atom. The molecule has 2 rings (SSSR count). The van der Waals surface area contributed by atoms with E-state index in [4.69, 9.17) is 10.9 Å². The van der Waals surface area contributed by atoms with Crippen molar-refractivity contribution in [2.75, 3.05) is 0 Å². The monoisotopic (exact) mass is 220 g/mol. The highest BCUT2D eigenvalue weighted by Gasteiger charge is 2.16. The largest absolute Gasteiger partial charge is 0.409 e. The number of amidine groups is 1. The van der Waals surface area contributed by atoms with Gasteiger partial charge in [-0.2, -0.15) is 0 Å². The van der Waals surface area contributed by atoms with Gasteiger partial charge < -0.3 is 16.3 Å². The van der Waals surface area contributed by atoms with Crippen LogP contribution in [0.25, 0.3) is 0 Å². The molecule has 0 amide bonds. The number of aromatic nitrogens is 1. The summed E-state index contributed by atoms with van der Waals surface area (Å²) in [6.45, 7) is 0.804. The lowest BCUT2D eigenvalue weighted by molar-refractivity contribution is 0.318. The lowest BCUT2D eigenvalue weighted by atomic mass is 9.93. The van der Waals surface area contributed by atoms with Crippen molar-refractivity contribution in [3.63, 3.8) is 0 Å². The van der Waals surface area contributed by atoms with Crippen LogP contribution in [0.1, 0.15) is 30.5 Å². The highest BCUT2D eigenvalue weighted by Crippen LogP contribution is 2.18. The van der Waals surface area contributed by atoms with Crippen LogP contribution >= 0.6 is 0 Å². The molecule has 5 heteroatoms. The third kappa shape index (κ3) is 2.49. The molecule has 16 heavy (non-hydrogen) atoms. The number of oxime groups is 1. The highest BCUT2D eigenvalue weighted by molar-refractivity contribution is 5.95. The molecule has 0 spiro atoms. The molecule has 0 aromatic carbocycles. The third-order valence-electron chi connectivity index (χ3n) is 2.89. The van der Waals surface area contributed by atoms with E-state index in [1.165, 1.54) is 19.3 Å². The number of rotatable bonds is 4. The van der Waals surface area contributed by atoms with Crippen molar-refractivity contribution >= 4 is 5.84 Å².